The van der Waals surface area contributed by atoms with Crippen molar-refractivity contribution in [2.75, 3.05) is 0 Å². The fourth-order valence-electron chi connectivity index (χ4n) is 2.06. The van der Waals surface area contributed by atoms with Crippen LogP contribution in [0.25, 0.3) is 22.5 Å². The van der Waals surface area contributed by atoms with Crippen molar-refractivity contribution >= 4 is 0 Å². The second-order valence-corrected chi connectivity index (χ2v) is 4.59. The maximum Gasteiger partial charge on any atom is 0.350 e. The van der Waals surface area contributed by atoms with Gasteiger partial charge in [0.2, 0.25) is 5.82 Å². The van der Waals surface area contributed by atoms with Crippen LogP contribution >= 0.6 is 0 Å². The average molecular weight is 315 g/mol. The van der Waals surface area contributed by atoms with Gasteiger partial charge in [0.25, 0.3) is 0 Å². The molecule has 0 amide bonds. The fourth-order valence-corrected chi connectivity index (χ4v) is 2.06. The lowest BCUT2D eigenvalue weighted by Gasteiger charge is -2.05. The Bertz CT molecular complexity index is 881. The molecule has 1 heterocycles. The van der Waals surface area contributed by atoms with Crippen LogP contribution in [0.1, 0.15) is 12.1 Å². The van der Waals surface area contributed by atoms with Crippen LogP contribution in [0.15, 0.2) is 42.5 Å². The lowest BCUT2D eigenvalue weighted by Crippen LogP contribution is -2.02. The molecule has 0 aliphatic heterocycles. The second kappa shape index (κ2) is 5.88. The molecule has 0 aliphatic carbocycles. The number of alkyl halides is 2. The summed E-state index contributed by atoms with van der Waals surface area (Å²) in [5.41, 5.74) is 1.89. The summed E-state index contributed by atoms with van der Waals surface area (Å²) in [4.78, 5) is 0.168. The molecule has 0 radical (unpaired) electrons. The lowest BCUT2D eigenvalue weighted by atomic mass is 9.99. The van der Waals surface area contributed by atoms with E-state index in [1.807, 2.05) is 6.07 Å². The van der Waals surface area contributed by atoms with E-state index in [-0.39, 0.29) is 27.6 Å². The molecule has 8 heteroatoms. The van der Waals surface area contributed by atoms with Gasteiger partial charge in [0.05, 0.1) is 11.6 Å². The van der Waals surface area contributed by atoms with Gasteiger partial charge in [-0.3, -0.25) is 0 Å². The summed E-state index contributed by atoms with van der Waals surface area (Å²) in [6.07, 6.45) is 0. The number of nitriles is 1. The zero-order chi connectivity index (χ0) is 16.4. The lowest BCUT2D eigenvalue weighted by molar-refractivity contribution is 0.0397. The molecule has 0 unspecified atom stereocenters. The molecule has 0 fully saturated rings. The molecule has 3 rings (SSSR count). The number of hydrogen-bond acceptors (Lipinski definition) is 4. The van der Waals surface area contributed by atoms with Crippen molar-refractivity contribution < 1.29 is 13.2 Å². The van der Waals surface area contributed by atoms with Crippen LogP contribution in [0.4, 0.5) is 13.2 Å². The van der Waals surface area contributed by atoms with E-state index in [2.05, 4.69) is 15.4 Å². The molecule has 0 atom stereocenters. The van der Waals surface area contributed by atoms with Crippen molar-refractivity contribution in [3.8, 4) is 28.6 Å². The molecule has 0 bridgehead atoms. The number of hydrogen-bond donors (Lipinski definition) is 0. The Morgan fingerprint density at radius 2 is 1.74 bits per heavy atom. The summed E-state index contributed by atoms with van der Waals surface area (Å²) < 4.78 is 38.1. The number of halogens is 3. The molecular weight excluding hydrogens is 307 g/mol. The summed E-state index contributed by atoms with van der Waals surface area (Å²) in [5.74, 6) is -0.449. The highest BCUT2D eigenvalue weighted by molar-refractivity contribution is 5.74. The first-order chi connectivity index (χ1) is 11.1. The van der Waals surface area contributed by atoms with E-state index in [4.69, 9.17) is 5.26 Å². The number of rotatable bonds is 3. The van der Waals surface area contributed by atoms with Gasteiger partial charge >= 0.3 is 6.55 Å². The predicted molar refractivity (Wildman–Crippen MR) is 74.6 cm³/mol. The summed E-state index contributed by atoms with van der Waals surface area (Å²) in [6.45, 7) is -2.91. The third-order valence-corrected chi connectivity index (χ3v) is 3.16. The van der Waals surface area contributed by atoms with E-state index < -0.39 is 6.55 Å². The van der Waals surface area contributed by atoms with Crippen LogP contribution in [-0.2, 0) is 0 Å². The molecule has 0 aliphatic rings. The van der Waals surface area contributed by atoms with E-state index in [1.165, 1.54) is 18.2 Å². The average Bonchev–Trinajstić information content (AvgIpc) is 3.05. The maximum absolute atomic E-state index is 13.0. The Morgan fingerprint density at radius 1 is 1.04 bits per heavy atom. The van der Waals surface area contributed by atoms with E-state index in [9.17, 15) is 13.2 Å². The molecule has 0 N–H and O–H groups in total. The predicted octanol–water partition coefficient (Wildman–Crippen LogP) is 3.41. The number of tetrazole rings is 1. The molecule has 0 spiro atoms. The quantitative estimate of drug-likeness (QED) is 0.743. The van der Waals surface area contributed by atoms with Gasteiger partial charge in [-0.25, -0.2) is 4.39 Å². The monoisotopic (exact) mass is 315 g/mol. The van der Waals surface area contributed by atoms with Crippen molar-refractivity contribution in [3.05, 3.63) is 53.8 Å². The summed E-state index contributed by atoms with van der Waals surface area (Å²) >= 11 is 0. The van der Waals surface area contributed by atoms with Crippen LogP contribution < -0.4 is 0 Å². The molecular formula is C15H8F3N5. The van der Waals surface area contributed by atoms with Crippen LogP contribution in [0.3, 0.4) is 0 Å². The van der Waals surface area contributed by atoms with Crippen LogP contribution in [0, 0.1) is 17.1 Å². The molecule has 23 heavy (non-hydrogen) atoms. The first-order valence-electron chi connectivity index (χ1n) is 6.46. The third kappa shape index (κ3) is 2.89. The Balaban J connectivity index is 2.09. The smallest absolute Gasteiger partial charge is 0.207 e. The zero-order valence-electron chi connectivity index (χ0n) is 11.5. The maximum atomic E-state index is 13.0. The van der Waals surface area contributed by atoms with E-state index in [0.29, 0.717) is 11.1 Å². The Kier molecular flexibility index (Phi) is 3.76. The number of benzene rings is 2. The van der Waals surface area contributed by atoms with E-state index >= 15 is 0 Å². The standard InChI is InChI=1S/C15H8F3N5/c16-12-5-3-9(4-6-12)10-1-2-11(8-19)13(7-10)14-20-22-23(21-14)15(17)18/h1-7,15H. The molecule has 114 valence electrons. The molecule has 1 aromatic heterocycles. The van der Waals surface area contributed by atoms with Crippen molar-refractivity contribution in [1.29, 1.82) is 5.26 Å². The van der Waals surface area contributed by atoms with E-state index in [0.717, 1.165) is 0 Å². The van der Waals surface area contributed by atoms with Gasteiger partial charge in [-0.2, -0.15) is 14.0 Å². The SMILES string of the molecule is N#Cc1ccc(-c2ccc(F)cc2)cc1-c1nnn(C(F)F)n1. The van der Waals surface area contributed by atoms with Crippen molar-refractivity contribution in [2.24, 2.45) is 0 Å². The van der Waals surface area contributed by atoms with Gasteiger partial charge in [-0.1, -0.05) is 23.0 Å². The van der Waals surface area contributed by atoms with Gasteiger partial charge in [0.1, 0.15) is 5.82 Å². The van der Waals surface area contributed by atoms with Crippen LogP contribution in [0.5, 0.6) is 0 Å². The first kappa shape index (κ1) is 14.7. The van der Waals surface area contributed by atoms with E-state index in [1.54, 1.807) is 24.3 Å². The highest BCUT2D eigenvalue weighted by Crippen LogP contribution is 2.27. The van der Waals surface area contributed by atoms with Gasteiger partial charge in [0.15, 0.2) is 0 Å². The number of aromatic nitrogens is 4. The van der Waals surface area contributed by atoms with Gasteiger partial charge in [-0.05, 0) is 40.6 Å². The highest BCUT2D eigenvalue weighted by Gasteiger charge is 2.16. The normalized spacial score (nSPS) is 10.7. The minimum atomic E-state index is -2.91. The van der Waals surface area contributed by atoms with Crippen molar-refractivity contribution in [3.63, 3.8) is 0 Å². The third-order valence-electron chi connectivity index (χ3n) is 3.16. The van der Waals surface area contributed by atoms with Crippen molar-refractivity contribution in [1.82, 2.24) is 20.2 Å². The fraction of sp³-hybridized carbons (Fsp3) is 0.0667. The zero-order valence-corrected chi connectivity index (χ0v) is 11.5. The topological polar surface area (TPSA) is 67.4 Å². The Morgan fingerprint density at radius 3 is 2.35 bits per heavy atom. The molecule has 5 nitrogen and oxygen atoms in total. The highest BCUT2D eigenvalue weighted by atomic mass is 19.3. The van der Waals surface area contributed by atoms with Gasteiger partial charge in [-0.15, -0.1) is 10.2 Å². The Labute approximate surface area is 128 Å². The first-order valence-corrected chi connectivity index (χ1v) is 6.46. The summed E-state index contributed by atoms with van der Waals surface area (Å²) in [7, 11) is 0. The van der Waals surface area contributed by atoms with Crippen LogP contribution in [0.2, 0.25) is 0 Å². The molecule has 0 saturated carbocycles. The van der Waals surface area contributed by atoms with Crippen LogP contribution in [-0.4, -0.2) is 20.2 Å². The summed E-state index contributed by atoms with van der Waals surface area (Å²) in [5, 5.41) is 19.5. The second-order valence-electron chi connectivity index (χ2n) is 4.59. The summed E-state index contributed by atoms with van der Waals surface area (Å²) in [6, 6.07) is 12.5. The minimum absolute atomic E-state index is 0.0780. The number of nitrogens with zero attached hydrogens (tertiary/aromatic N) is 5. The van der Waals surface area contributed by atoms with Gasteiger partial charge < -0.3 is 0 Å². The molecule has 2 aromatic carbocycles. The molecule has 0 saturated heterocycles. The van der Waals surface area contributed by atoms with Gasteiger partial charge in [0, 0.05) is 5.56 Å². The largest absolute Gasteiger partial charge is 0.350 e. The minimum Gasteiger partial charge on any atom is -0.207 e. The Hall–Kier alpha value is -3.21. The molecule has 3 aromatic rings. The van der Waals surface area contributed by atoms with Crippen molar-refractivity contribution in [2.45, 2.75) is 6.55 Å².